The molecule has 1 fully saturated rings. The number of amides is 2. The lowest BCUT2D eigenvalue weighted by Gasteiger charge is -2.26. The minimum absolute atomic E-state index is 0.115. The Balaban J connectivity index is 1.50. The fourth-order valence-corrected chi connectivity index (χ4v) is 4.44. The Hall–Kier alpha value is -2.86. The number of nitrogens with zero attached hydrogens (tertiary/aromatic N) is 1. The zero-order chi connectivity index (χ0) is 19.5. The van der Waals surface area contributed by atoms with Crippen LogP contribution in [-0.2, 0) is 0 Å². The molecular weight excluding hydrogens is 372 g/mol. The number of thiophene rings is 1. The molecule has 1 aromatic heterocycles. The number of carbonyl (C=O) groups excluding carboxylic acids is 2. The fraction of sp³-hybridized carbons (Fsp3) is 0.273. The van der Waals surface area contributed by atoms with Crippen molar-refractivity contribution in [2.24, 2.45) is 0 Å². The third kappa shape index (κ3) is 3.87. The molecule has 1 aliphatic rings. The first-order valence-electron chi connectivity index (χ1n) is 9.42. The number of methoxy groups -OCH3 is 1. The molecule has 0 atom stereocenters. The standard InChI is InChI=1S/C22H22N2O3S/c1-27-18-8-5-15(6-9-18)21(25)23-17-7-10-19-16(13-17)14-20(28-19)22(26)24-11-3-2-4-12-24/h5-10,13-14H,2-4,11-12H2,1H3,(H,23,25). The minimum Gasteiger partial charge on any atom is -0.497 e. The van der Waals surface area contributed by atoms with E-state index in [0.717, 1.165) is 40.9 Å². The summed E-state index contributed by atoms with van der Waals surface area (Å²) in [5.74, 6) is 0.647. The van der Waals surface area contributed by atoms with Crippen molar-refractivity contribution in [3.63, 3.8) is 0 Å². The Morgan fingerprint density at radius 2 is 1.75 bits per heavy atom. The molecule has 5 nitrogen and oxygen atoms in total. The largest absolute Gasteiger partial charge is 0.497 e. The van der Waals surface area contributed by atoms with E-state index in [0.29, 0.717) is 17.0 Å². The topological polar surface area (TPSA) is 58.6 Å². The monoisotopic (exact) mass is 394 g/mol. The molecule has 0 spiro atoms. The maximum absolute atomic E-state index is 12.7. The quantitative estimate of drug-likeness (QED) is 0.692. The van der Waals surface area contributed by atoms with Crippen LogP contribution < -0.4 is 10.1 Å². The van der Waals surface area contributed by atoms with Gasteiger partial charge in [-0.15, -0.1) is 11.3 Å². The van der Waals surface area contributed by atoms with Crippen molar-refractivity contribution in [1.29, 1.82) is 0 Å². The minimum atomic E-state index is -0.179. The molecule has 3 aromatic rings. The third-order valence-corrected chi connectivity index (χ3v) is 6.08. The van der Waals surface area contributed by atoms with Crippen LogP contribution in [0.5, 0.6) is 5.75 Å². The van der Waals surface area contributed by atoms with Crippen LogP contribution in [0.1, 0.15) is 39.3 Å². The van der Waals surface area contributed by atoms with Crippen molar-refractivity contribution in [1.82, 2.24) is 4.90 Å². The first kappa shape index (κ1) is 18.5. The van der Waals surface area contributed by atoms with Crippen molar-refractivity contribution >= 4 is 38.9 Å². The van der Waals surface area contributed by atoms with Crippen molar-refractivity contribution in [2.75, 3.05) is 25.5 Å². The highest BCUT2D eigenvalue weighted by Crippen LogP contribution is 2.30. The van der Waals surface area contributed by atoms with Crippen LogP contribution in [0.3, 0.4) is 0 Å². The fourth-order valence-electron chi connectivity index (χ4n) is 3.43. The van der Waals surface area contributed by atoms with Crippen LogP contribution in [-0.4, -0.2) is 36.9 Å². The second kappa shape index (κ2) is 8.02. The Morgan fingerprint density at radius 1 is 1.00 bits per heavy atom. The molecule has 0 unspecified atom stereocenters. The summed E-state index contributed by atoms with van der Waals surface area (Å²) >= 11 is 1.51. The van der Waals surface area contributed by atoms with Gasteiger partial charge in [-0.3, -0.25) is 9.59 Å². The van der Waals surface area contributed by atoms with Crippen LogP contribution in [0.2, 0.25) is 0 Å². The van der Waals surface area contributed by atoms with Gasteiger partial charge in [0.2, 0.25) is 0 Å². The zero-order valence-corrected chi connectivity index (χ0v) is 16.6. The number of rotatable bonds is 4. The molecule has 144 valence electrons. The van der Waals surface area contributed by atoms with Crippen LogP contribution in [0.25, 0.3) is 10.1 Å². The molecule has 0 aliphatic carbocycles. The summed E-state index contributed by atoms with van der Waals surface area (Å²) in [5, 5.41) is 3.89. The molecule has 1 aliphatic heterocycles. The average Bonchev–Trinajstić information content (AvgIpc) is 3.17. The average molecular weight is 394 g/mol. The van der Waals surface area contributed by atoms with Crippen LogP contribution >= 0.6 is 11.3 Å². The number of anilines is 1. The van der Waals surface area contributed by atoms with Gasteiger partial charge in [0.25, 0.3) is 11.8 Å². The summed E-state index contributed by atoms with van der Waals surface area (Å²) in [6.07, 6.45) is 3.36. The summed E-state index contributed by atoms with van der Waals surface area (Å²) in [6.45, 7) is 1.69. The highest BCUT2D eigenvalue weighted by molar-refractivity contribution is 7.20. The Bertz CT molecular complexity index is 1000. The molecule has 0 bridgehead atoms. The van der Waals surface area contributed by atoms with E-state index in [4.69, 9.17) is 4.74 Å². The Morgan fingerprint density at radius 3 is 2.46 bits per heavy atom. The summed E-state index contributed by atoms with van der Waals surface area (Å²) in [6, 6.07) is 14.6. The molecular formula is C22H22N2O3S. The number of piperidine rings is 1. The lowest BCUT2D eigenvalue weighted by molar-refractivity contribution is 0.0729. The van der Waals surface area contributed by atoms with Gasteiger partial charge in [-0.1, -0.05) is 0 Å². The third-order valence-electron chi connectivity index (χ3n) is 4.98. The van der Waals surface area contributed by atoms with E-state index < -0.39 is 0 Å². The van der Waals surface area contributed by atoms with E-state index in [1.807, 2.05) is 29.2 Å². The first-order valence-corrected chi connectivity index (χ1v) is 10.2. The van der Waals surface area contributed by atoms with Gasteiger partial charge in [0.05, 0.1) is 12.0 Å². The maximum atomic E-state index is 12.7. The molecule has 0 saturated carbocycles. The smallest absolute Gasteiger partial charge is 0.263 e. The van der Waals surface area contributed by atoms with Crippen molar-refractivity contribution in [3.05, 3.63) is 59.0 Å². The zero-order valence-electron chi connectivity index (χ0n) is 15.7. The predicted octanol–water partition coefficient (Wildman–Crippen LogP) is 4.79. The Kier molecular flexibility index (Phi) is 5.30. The second-order valence-corrected chi connectivity index (χ2v) is 7.98. The predicted molar refractivity (Wildman–Crippen MR) is 113 cm³/mol. The van der Waals surface area contributed by atoms with Crippen LogP contribution in [0, 0.1) is 0 Å². The van der Waals surface area contributed by atoms with Crippen molar-refractivity contribution in [2.45, 2.75) is 19.3 Å². The second-order valence-electron chi connectivity index (χ2n) is 6.90. The van der Waals surface area contributed by atoms with E-state index in [2.05, 4.69) is 5.32 Å². The number of benzene rings is 2. The molecule has 2 amide bonds. The number of ether oxygens (including phenoxy) is 1. The molecule has 2 heterocycles. The van der Waals surface area contributed by atoms with E-state index in [1.165, 1.54) is 17.8 Å². The normalized spacial score (nSPS) is 14.1. The van der Waals surface area contributed by atoms with Gasteiger partial charge in [-0.05, 0) is 73.2 Å². The summed E-state index contributed by atoms with van der Waals surface area (Å²) in [4.78, 5) is 27.9. The highest BCUT2D eigenvalue weighted by atomic mass is 32.1. The van der Waals surface area contributed by atoms with Gasteiger partial charge in [-0.2, -0.15) is 0 Å². The van der Waals surface area contributed by atoms with Gasteiger partial charge in [0, 0.05) is 29.0 Å². The number of hydrogen-bond donors (Lipinski definition) is 1. The number of fused-ring (bicyclic) bond motifs is 1. The van der Waals surface area contributed by atoms with Gasteiger partial charge < -0.3 is 15.0 Å². The van der Waals surface area contributed by atoms with E-state index in [9.17, 15) is 9.59 Å². The number of carbonyl (C=O) groups is 2. The van der Waals surface area contributed by atoms with E-state index >= 15 is 0 Å². The van der Waals surface area contributed by atoms with E-state index in [-0.39, 0.29) is 11.8 Å². The molecule has 4 rings (SSSR count). The lowest BCUT2D eigenvalue weighted by atomic mass is 10.1. The molecule has 1 N–H and O–H groups in total. The highest BCUT2D eigenvalue weighted by Gasteiger charge is 2.20. The summed E-state index contributed by atoms with van der Waals surface area (Å²) in [5.41, 5.74) is 1.27. The molecule has 28 heavy (non-hydrogen) atoms. The molecule has 2 aromatic carbocycles. The van der Waals surface area contributed by atoms with E-state index in [1.54, 1.807) is 31.4 Å². The number of hydrogen-bond acceptors (Lipinski definition) is 4. The van der Waals surface area contributed by atoms with Gasteiger partial charge in [-0.25, -0.2) is 0 Å². The summed E-state index contributed by atoms with van der Waals surface area (Å²) < 4.78 is 6.16. The van der Waals surface area contributed by atoms with Gasteiger partial charge in [0.15, 0.2) is 0 Å². The number of nitrogens with one attached hydrogen (secondary N) is 1. The van der Waals surface area contributed by atoms with Crippen molar-refractivity contribution in [3.8, 4) is 5.75 Å². The number of likely N-dealkylation sites (tertiary alicyclic amines) is 1. The SMILES string of the molecule is COc1ccc(C(=O)Nc2ccc3sc(C(=O)N4CCCCC4)cc3c2)cc1. The lowest BCUT2D eigenvalue weighted by Crippen LogP contribution is -2.35. The first-order chi connectivity index (χ1) is 13.6. The molecule has 1 saturated heterocycles. The van der Waals surface area contributed by atoms with Crippen molar-refractivity contribution < 1.29 is 14.3 Å². The maximum Gasteiger partial charge on any atom is 0.263 e. The van der Waals surface area contributed by atoms with Crippen LogP contribution in [0.4, 0.5) is 5.69 Å². The van der Waals surface area contributed by atoms with Gasteiger partial charge >= 0.3 is 0 Å². The van der Waals surface area contributed by atoms with Gasteiger partial charge in [0.1, 0.15) is 5.75 Å². The van der Waals surface area contributed by atoms with Crippen LogP contribution in [0.15, 0.2) is 48.5 Å². The molecule has 0 radical (unpaired) electrons. The molecule has 6 heteroatoms. The summed E-state index contributed by atoms with van der Waals surface area (Å²) in [7, 11) is 1.59. The Labute approximate surface area is 167 Å².